The van der Waals surface area contributed by atoms with Gasteiger partial charge < -0.3 is 25.7 Å². The number of fused-ring (bicyclic) bond motifs is 1. The normalized spacial score (nSPS) is 13.0. The molecule has 0 aliphatic carbocycles. The fourth-order valence-corrected chi connectivity index (χ4v) is 4.33. The number of aromatic nitrogens is 5. The van der Waals surface area contributed by atoms with Gasteiger partial charge >= 0.3 is 5.97 Å². The van der Waals surface area contributed by atoms with E-state index in [0.29, 0.717) is 42.6 Å². The maximum Gasteiger partial charge on any atom is 0.322 e. The highest BCUT2D eigenvalue weighted by atomic mass is 16.5. The van der Waals surface area contributed by atoms with Crippen molar-refractivity contribution in [3.05, 3.63) is 60.6 Å². The van der Waals surface area contributed by atoms with Crippen LogP contribution in [0, 0.1) is 5.92 Å². The molecule has 4 aromatic rings. The number of carbonyl (C=O) groups is 1. The second-order valence-electron chi connectivity index (χ2n) is 10.7. The molecule has 4 rings (SSSR count). The van der Waals surface area contributed by atoms with Crippen molar-refractivity contribution in [2.75, 3.05) is 17.2 Å². The largest absolute Gasteiger partial charge is 0.462 e. The lowest BCUT2D eigenvalue weighted by atomic mass is 10.1. The lowest BCUT2D eigenvalue weighted by Crippen LogP contribution is -2.36. The number of nitrogens with two attached hydrogens (primary N) is 1. The van der Waals surface area contributed by atoms with E-state index >= 15 is 0 Å². The van der Waals surface area contributed by atoms with E-state index in [2.05, 4.69) is 58.7 Å². The minimum atomic E-state index is -0.626. The number of benzene rings is 1. The predicted octanol–water partition coefficient (Wildman–Crippen LogP) is 5.19. The van der Waals surface area contributed by atoms with E-state index in [1.165, 1.54) is 0 Å². The molecular weight excluding hydrogens is 504 g/mol. The zero-order valence-corrected chi connectivity index (χ0v) is 24.0. The summed E-state index contributed by atoms with van der Waals surface area (Å²) in [6.07, 6.45) is 4.88. The van der Waals surface area contributed by atoms with E-state index in [1.807, 2.05) is 43.5 Å². The Morgan fingerprint density at radius 2 is 1.82 bits per heavy atom. The summed E-state index contributed by atoms with van der Waals surface area (Å²) in [5, 5.41) is 6.79. The molecule has 2 atom stereocenters. The molecule has 212 valence electrons. The number of nitrogens with one attached hydrogen (secondary N) is 2. The molecule has 0 unspecified atom stereocenters. The summed E-state index contributed by atoms with van der Waals surface area (Å²) in [5.41, 5.74) is 10.5. The van der Waals surface area contributed by atoms with Crippen LogP contribution in [0.4, 0.5) is 11.8 Å². The van der Waals surface area contributed by atoms with Gasteiger partial charge in [-0.05, 0) is 50.3 Å². The van der Waals surface area contributed by atoms with E-state index in [1.54, 1.807) is 12.5 Å². The number of carbonyl (C=O) groups excluding carboxylic acids is 1. The third-order valence-electron chi connectivity index (χ3n) is 6.63. The third-order valence-corrected chi connectivity index (χ3v) is 6.63. The molecule has 3 aromatic heterocycles. The lowest BCUT2D eigenvalue weighted by molar-refractivity contribution is -0.146. The monoisotopic (exact) mass is 544 g/mol. The molecule has 4 N–H and O–H groups in total. The van der Waals surface area contributed by atoms with E-state index in [9.17, 15) is 4.79 Å². The smallest absolute Gasteiger partial charge is 0.322 e. The molecule has 0 fully saturated rings. The summed E-state index contributed by atoms with van der Waals surface area (Å²) in [6, 6.07) is 13.5. The Morgan fingerprint density at radius 1 is 1.05 bits per heavy atom. The number of rotatable bonds is 13. The zero-order chi connectivity index (χ0) is 28.6. The van der Waals surface area contributed by atoms with Crippen molar-refractivity contribution in [3.8, 4) is 11.3 Å². The molecule has 1 aromatic carbocycles. The van der Waals surface area contributed by atoms with Crippen LogP contribution in [-0.2, 0) is 16.1 Å². The average Bonchev–Trinajstić information content (AvgIpc) is 3.38. The van der Waals surface area contributed by atoms with Crippen molar-refractivity contribution in [2.24, 2.45) is 11.7 Å². The number of esters is 1. The van der Waals surface area contributed by atoms with Crippen molar-refractivity contribution in [1.82, 2.24) is 24.5 Å². The molecule has 0 saturated heterocycles. The zero-order valence-electron chi connectivity index (χ0n) is 24.0. The van der Waals surface area contributed by atoms with Gasteiger partial charge in [-0.15, -0.1) is 0 Å². The van der Waals surface area contributed by atoms with E-state index in [4.69, 9.17) is 20.4 Å². The minimum absolute atomic E-state index is 0.171. The lowest BCUT2D eigenvalue weighted by Gasteiger charge is -2.20. The van der Waals surface area contributed by atoms with Gasteiger partial charge in [-0.25, -0.2) is 4.98 Å². The van der Waals surface area contributed by atoms with Crippen LogP contribution in [-0.4, -0.2) is 49.2 Å². The van der Waals surface area contributed by atoms with Crippen LogP contribution in [0.15, 0.2) is 55.0 Å². The van der Waals surface area contributed by atoms with Crippen LogP contribution < -0.4 is 16.4 Å². The first-order valence-electron chi connectivity index (χ1n) is 13.9. The Balaban J connectivity index is 1.50. The Kier molecular flexibility index (Phi) is 9.65. The molecule has 0 amide bonds. The van der Waals surface area contributed by atoms with Gasteiger partial charge in [-0.1, -0.05) is 51.1 Å². The quantitative estimate of drug-likeness (QED) is 0.195. The van der Waals surface area contributed by atoms with E-state index < -0.39 is 6.04 Å². The Hall–Kier alpha value is -4.05. The number of hydrogen-bond donors (Lipinski definition) is 3. The summed E-state index contributed by atoms with van der Waals surface area (Å²) in [4.78, 5) is 30.9. The molecule has 10 nitrogen and oxygen atoms in total. The second kappa shape index (κ2) is 13.3. The summed E-state index contributed by atoms with van der Waals surface area (Å²) in [5.74, 6) is 1.00. The first-order chi connectivity index (χ1) is 19.2. The maximum absolute atomic E-state index is 12.4. The molecule has 0 radical (unpaired) electrons. The van der Waals surface area contributed by atoms with Crippen molar-refractivity contribution >= 4 is 28.9 Å². The van der Waals surface area contributed by atoms with E-state index in [-0.39, 0.29) is 24.7 Å². The van der Waals surface area contributed by atoms with Gasteiger partial charge in [0.2, 0.25) is 5.95 Å². The number of ether oxygens (including phenoxy) is 1. The van der Waals surface area contributed by atoms with Crippen LogP contribution in [0.25, 0.3) is 22.4 Å². The van der Waals surface area contributed by atoms with Gasteiger partial charge in [-0.3, -0.25) is 9.78 Å². The standard InChI is InChI=1S/C30H40N8O2/c1-6-23(17-40-29(39)24(31)15-19(2)3)35-30-36-27(26-28(37-30)38(18-34-26)20(4)5)33-16-21-10-12-22(13-11-21)25-9-7-8-14-32-25/h7-14,18-20,23-24H,6,15-17,31H2,1-5H3,(H2,33,35,36,37)/t23-,24+/m1/s1. The topological polar surface area (TPSA) is 133 Å². The van der Waals surface area contributed by atoms with Crippen LogP contribution in [0.1, 0.15) is 59.1 Å². The number of imidazole rings is 1. The number of nitrogens with zero attached hydrogens (tertiary/aromatic N) is 5. The van der Waals surface area contributed by atoms with E-state index in [0.717, 1.165) is 22.5 Å². The van der Waals surface area contributed by atoms with Crippen molar-refractivity contribution in [3.63, 3.8) is 0 Å². The molecule has 0 bridgehead atoms. The Labute approximate surface area is 235 Å². The maximum atomic E-state index is 12.4. The van der Waals surface area contributed by atoms with Crippen LogP contribution in [0.5, 0.6) is 0 Å². The second-order valence-corrected chi connectivity index (χ2v) is 10.7. The minimum Gasteiger partial charge on any atom is -0.462 e. The Bertz CT molecular complexity index is 1390. The van der Waals surface area contributed by atoms with Crippen molar-refractivity contribution < 1.29 is 9.53 Å². The molecule has 10 heteroatoms. The summed E-state index contributed by atoms with van der Waals surface area (Å²) < 4.78 is 7.54. The highest BCUT2D eigenvalue weighted by Gasteiger charge is 2.20. The van der Waals surface area contributed by atoms with Gasteiger partial charge in [0.25, 0.3) is 0 Å². The highest BCUT2D eigenvalue weighted by Crippen LogP contribution is 2.25. The highest BCUT2D eigenvalue weighted by molar-refractivity contribution is 5.84. The fraction of sp³-hybridized carbons (Fsp3) is 0.433. The van der Waals surface area contributed by atoms with Crippen LogP contribution >= 0.6 is 0 Å². The summed E-state index contributed by atoms with van der Waals surface area (Å²) in [7, 11) is 0. The van der Waals surface area contributed by atoms with Crippen molar-refractivity contribution in [1.29, 1.82) is 0 Å². The molecule has 0 aliphatic rings. The number of pyridine rings is 1. The predicted molar refractivity (Wildman–Crippen MR) is 159 cm³/mol. The SMILES string of the molecule is CC[C@H](COC(=O)[C@@H](N)CC(C)C)Nc1nc(NCc2ccc(-c3ccccn3)cc2)c2ncn(C(C)C)c2n1. The first-order valence-corrected chi connectivity index (χ1v) is 13.9. The molecule has 40 heavy (non-hydrogen) atoms. The molecule has 3 heterocycles. The summed E-state index contributed by atoms with van der Waals surface area (Å²) >= 11 is 0. The first kappa shape index (κ1) is 28.9. The number of anilines is 2. The van der Waals surface area contributed by atoms with Crippen molar-refractivity contribution in [2.45, 2.75) is 72.1 Å². The van der Waals surface area contributed by atoms with Gasteiger partial charge in [0.05, 0.1) is 18.1 Å². The summed E-state index contributed by atoms with van der Waals surface area (Å²) in [6.45, 7) is 11.0. The van der Waals surface area contributed by atoms with Gasteiger partial charge in [0, 0.05) is 24.3 Å². The van der Waals surface area contributed by atoms with Gasteiger partial charge in [0.15, 0.2) is 17.0 Å². The van der Waals surface area contributed by atoms with Gasteiger partial charge in [0.1, 0.15) is 12.6 Å². The molecule has 0 spiro atoms. The van der Waals surface area contributed by atoms with Gasteiger partial charge in [-0.2, -0.15) is 9.97 Å². The molecule has 0 saturated carbocycles. The van der Waals surface area contributed by atoms with Crippen LogP contribution in [0.3, 0.4) is 0 Å². The fourth-order valence-electron chi connectivity index (χ4n) is 4.33. The third kappa shape index (κ3) is 7.32. The Morgan fingerprint density at radius 3 is 2.48 bits per heavy atom. The molecular formula is C30H40N8O2. The average molecular weight is 545 g/mol. The number of hydrogen-bond acceptors (Lipinski definition) is 9. The van der Waals surface area contributed by atoms with Crippen LogP contribution in [0.2, 0.25) is 0 Å². The molecule has 0 aliphatic heterocycles.